The van der Waals surface area contributed by atoms with Crippen LogP contribution in [0.25, 0.3) is 0 Å². The summed E-state index contributed by atoms with van der Waals surface area (Å²) in [6.07, 6.45) is 1.89. The molecule has 0 aliphatic heterocycles. The van der Waals surface area contributed by atoms with E-state index in [9.17, 15) is 14.9 Å². The lowest BCUT2D eigenvalue weighted by Gasteiger charge is -1.91. The standard InChI is InChI=1S/C9H6ClN3O4/c10-8-4-12(11-9(8)13(15)16)3-6-1-2-7(5-14)17-6/h1-2,4-5H,3H2. The molecule has 2 aromatic heterocycles. The first-order valence-corrected chi connectivity index (χ1v) is 4.89. The Labute approximate surface area is 99.7 Å². The van der Waals surface area contributed by atoms with Crippen LogP contribution in [0.5, 0.6) is 0 Å². The van der Waals surface area contributed by atoms with Crippen molar-refractivity contribution >= 4 is 23.7 Å². The third kappa shape index (κ3) is 2.34. The predicted octanol–water partition coefficient (Wildman–Crippen LogP) is 1.90. The van der Waals surface area contributed by atoms with E-state index in [1.807, 2.05) is 0 Å². The van der Waals surface area contributed by atoms with Crippen LogP contribution in [0.4, 0.5) is 5.82 Å². The van der Waals surface area contributed by atoms with Gasteiger partial charge >= 0.3 is 5.82 Å². The molecule has 0 saturated carbocycles. The van der Waals surface area contributed by atoms with E-state index >= 15 is 0 Å². The molecule has 0 fully saturated rings. The number of aldehydes is 1. The van der Waals surface area contributed by atoms with Gasteiger partial charge in [0.2, 0.25) is 0 Å². The monoisotopic (exact) mass is 255 g/mol. The van der Waals surface area contributed by atoms with Crippen molar-refractivity contribution in [3.63, 3.8) is 0 Å². The van der Waals surface area contributed by atoms with Gasteiger partial charge < -0.3 is 14.5 Å². The predicted molar refractivity (Wildman–Crippen MR) is 57.1 cm³/mol. The third-order valence-corrected chi connectivity index (χ3v) is 2.26. The fourth-order valence-electron chi connectivity index (χ4n) is 1.29. The summed E-state index contributed by atoms with van der Waals surface area (Å²) < 4.78 is 6.38. The Morgan fingerprint density at radius 2 is 2.35 bits per heavy atom. The van der Waals surface area contributed by atoms with E-state index in [1.54, 1.807) is 6.07 Å². The van der Waals surface area contributed by atoms with Gasteiger partial charge in [-0.2, -0.15) is 4.68 Å². The van der Waals surface area contributed by atoms with Crippen molar-refractivity contribution in [2.24, 2.45) is 0 Å². The van der Waals surface area contributed by atoms with Gasteiger partial charge in [-0.3, -0.25) is 4.79 Å². The average molecular weight is 256 g/mol. The van der Waals surface area contributed by atoms with Crippen molar-refractivity contribution in [1.29, 1.82) is 0 Å². The Kier molecular flexibility index (Phi) is 2.92. The number of rotatable bonds is 4. The van der Waals surface area contributed by atoms with Crippen LogP contribution in [0.15, 0.2) is 22.7 Å². The quantitative estimate of drug-likeness (QED) is 0.473. The lowest BCUT2D eigenvalue weighted by molar-refractivity contribution is -0.389. The molecule has 2 heterocycles. The van der Waals surface area contributed by atoms with Crippen molar-refractivity contribution in [2.75, 3.05) is 0 Å². The fourth-order valence-corrected chi connectivity index (χ4v) is 1.51. The molecule has 2 rings (SSSR count). The number of halogens is 1. The fraction of sp³-hybridized carbons (Fsp3) is 0.111. The molecule has 0 N–H and O–H groups in total. The van der Waals surface area contributed by atoms with Crippen LogP contribution in [0.2, 0.25) is 5.02 Å². The van der Waals surface area contributed by atoms with E-state index < -0.39 is 10.7 Å². The van der Waals surface area contributed by atoms with E-state index in [0.29, 0.717) is 12.0 Å². The van der Waals surface area contributed by atoms with Crippen LogP contribution in [0, 0.1) is 10.1 Å². The largest absolute Gasteiger partial charge is 0.456 e. The lowest BCUT2D eigenvalue weighted by atomic mass is 10.4. The molecule has 0 aliphatic carbocycles. The van der Waals surface area contributed by atoms with E-state index in [4.69, 9.17) is 16.0 Å². The second-order valence-electron chi connectivity index (χ2n) is 3.18. The van der Waals surface area contributed by atoms with Crippen LogP contribution in [-0.4, -0.2) is 21.0 Å². The molecular weight excluding hydrogens is 250 g/mol. The Morgan fingerprint density at radius 1 is 1.59 bits per heavy atom. The normalized spacial score (nSPS) is 10.4. The molecule has 0 unspecified atom stereocenters. The molecule has 0 atom stereocenters. The molecule has 2 aromatic rings. The maximum Gasteiger partial charge on any atom is 0.408 e. The SMILES string of the molecule is O=Cc1ccc(Cn2cc(Cl)c([N+](=O)[O-])n2)o1. The number of furan rings is 1. The summed E-state index contributed by atoms with van der Waals surface area (Å²) in [5, 5.41) is 14.1. The molecule has 7 nitrogen and oxygen atoms in total. The summed E-state index contributed by atoms with van der Waals surface area (Å²) in [7, 11) is 0. The zero-order chi connectivity index (χ0) is 12.4. The van der Waals surface area contributed by atoms with Crippen molar-refractivity contribution in [1.82, 2.24) is 9.78 Å². The van der Waals surface area contributed by atoms with E-state index in [0.717, 1.165) is 0 Å². The van der Waals surface area contributed by atoms with Gasteiger partial charge in [-0.15, -0.1) is 0 Å². The zero-order valence-corrected chi connectivity index (χ0v) is 9.13. The van der Waals surface area contributed by atoms with Crippen molar-refractivity contribution in [3.05, 3.63) is 45.0 Å². The van der Waals surface area contributed by atoms with Crippen molar-refractivity contribution < 1.29 is 14.1 Å². The average Bonchev–Trinajstić information content (AvgIpc) is 2.85. The Bertz CT molecular complexity index is 575. The number of carbonyl (C=O) groups is 1. The first-order chi connectivity index (χ1) is 8.10. The molecule has 0 aliphatic rings. The molecule has 0 radical (unpaired) electrons. The maximum absolute atomic E-state index is 10.5. The molecule has 8 heteroatoms. The lowest BCUT2D eigenvalue weighted by Crippen LogP contribution is -2.00. The summed E-state index contributed by atoms with van der Waals surface area (Å²) in [6.45, 7) is 0.168. The van der Waals surface area contributed by atoms with Gasteiger partial charge in [-0.1, -0.05) is 11.6 Å². The second-order valence-corrected chi connectivity index (χ2v) is 3.58. The number of carbonyl (C=O) groups excluding carboxylic acids is 1. The van der Waals surface area contributed by atoms with Gasteiger partial charge in [0.25, 0.3) is 0 Å². The Morgan fingerprint density at radius 3 is 2.88 bits per heavy atom. The van der Waals surface area contributed by atoms with Gasteiger partial charge in [0, 0.05) is 0 Å². The highest BCUT2D eigenvalue weighted by atomic mass is 35.5. The summed E-state index contributed by atoms with van der Waals surface area (Å²) in [5.41, 5.74) is 0. The van der Waals surface area contributed by atoms with Crippen LogP contribution in [0.1, 0.15) is 16.3 Å². The smallest absolute Gasteiger partial charge is 0.408 e. The van der Waals surface area contributed by atoms with Crippen LogP contribution in [-0.2, 0) is 6.54 Å². The van der Waals surface area contributed by atoms with E-state index in [1.165, 1.54) is 16.9 Å². The highest BCUT2D eigenvalue weighted by Crippen LogP contribution is 2.22. The maximum atomic E-state index is 10.5. The van der Waals surface area contributed by atoms with Gasteiger partial charge in [0.15, 0.2) is 17.1 Å². The van der Waals surface area contributed by atoms with Gasteiger partial charge in [-0.05, 0) is 17.1 Å². The minimum Gasteiger partial charge on any atom is -0.456 e. The van der Waals surface area contributed by atoms with Crippen LogP contribution in [0.3, 0.4) is 0 Å². The van der Waals surface area contributed by atoms with Gasteiger partial charge in [0.05, 0.1) is 11.3 Å². The van der Waals surface area contributed by atoms with Crippen LogP contribution >= 0.6 is 11.6 Å². The van der Waals surface area contributed by atoms with E-state index in [2.05, 4.69) is 5.10 Å². The molecule has 0 amide bonds. The first kappa shape index (κ1) is 11.3. The molecule has 0 saturated heterocycles. The summed E-state index contributed by atoms with van der Waals surface area (Å²) in [5.74, 6) is 0.239. The molecule has 17 heavy (non-hydrogen) atoms. The molecule has 0 spiro atoms. The number of nitro groups is 1. The summed E-state index contributed by atoms with van der Waals surface area (Å²) in [4.78, 5) is 20.2. The van der Waals surface area contributed by atoms with Gasteiger partial charge in [-0.25, -0.2) is 0 Å². The molecule has 0 aromatic carbocycles. The highest BCUT2D eigenvalue weighted by Gasteiger charge is 2.19. The van der Waals surface area contributed by atoms with Crippen molar-refractivity contribution in [2.45, 2.75) is 6.54 Å². The van der Waals surface area contributed by atoms with Crippen molar-refractivity contribution in [3.8, 4) is 0 Å². The minimum atomic E-state index is -0.669. The van der Waals surface area contributed by atoms with Crippen LogP contribution < -0.4 is 0 Å². The minimum absolute atomic E-state index is 0.0443. The number of aromatic nitrogens is 2. The third-order valence-electron chi connectivity index (χ3n) is 1.99. The Hall–Kier alpha value is -2.15. The number of hydrogen-bond acceptors (Lipinski definition) is 5. The summed E-state index contributed by atoms with van der Waals surface area (Å²) in [6, 6.07) is 3.09. The summed E-state index contributed by atoms with van der Waals surface area (Å²) >= 11 is 5.63. The zero-order valence-electron chi connectivity index (χ0n) is 8.37. The second kappa shape index (κ2) is 4.38. The van der Waals surface area contributed by atoms with Gasteiger partial charge in [0.1, 0.15) is 12.3 Å². The number of nitrogens with zero attached hydrogens (tertiary/aromatic N) is 3. The molecule has 0 bridgehead atoms. The highest BCUT2D eigenvalue weighted by molar-refractivity contribution is 6.32. The molecule has 88 valence electrons. The molecular formula is C9H6ClN3O4. The van der Waals surface area contributed by atoms with E-state index in [-0.39, 0.29) is 17.3 Å². The Balaban J connectivity index is 2.21. The number of hydrogen-bond donors (Lipinski definition) is 0. The topological polar surface area (TPSA) is 91.2 Å². The first-order valence-electron chi connectivity index (χ1n) is 4.51.